The lowest BCUT2D eigenvalue weighted by Gasteiger charge is -2.05. The summed E-state index contributed by atoms with van der Waals surface area (Å²) in [7, 11) is 0. The number of benzene rings is 1. The van der Waals surface area contributed by atoms with Gasteiger partial charge < -0.3 is 0 Å². The van der Waals surface area contributed by atoms with E-state index in [2.05, 4.69) is 32.5 Å². The highest BCUT2D eigenvalue weighted by atomic mass is 16.1. The van der Waals surface area contributed by atoms with Gasteiger partial charge in [-0.15, -0.1) is 0 Å². The summed E-state index contributed by atoms with van der Waals surface area (Å²) in [4.78, 5) is 11.7. The molecule has 6 nitrogen and oxygen atoms in total. The smallest absolute Gasteiger partial charge is 0.282 e. The number of hydrogen-bond acceptors (Lipinski definition) is 3. The van der Waals surface area contributed by atoms with Crippen molar-refractivity contribution in [3.63, 3.8) is 0 Å². The first kappa shape index (κ1) is 11.9. The molecule has 0 unspecified atom stereocenters. The van der Waals surface area contributed by atoms with Gasteiger partial charge in [-0.3, -0.25) is 5.10 Å². The molecule has 3 heterocycles. The zero-order valence-electron chi connectivity index (χ0n) is 11.6. The van der Waals surface area contributed by atoms with E-state index in [0.29, 0.717) is 5.65 Å². The van der Waals surface area contributed by atoms with Crippen LogP contribution >= 0.6 is 0 Å². The van der Waals surface area contributed by atoms with Crippen LogP contribution in [0.4, 0.5) is 0 Å². The zero-order chi connectivity index (χ0) is 14.6. The molecule has 104 valence electrons. The molecule has 0 radical (unpaired) electrons. The predicted octanol–water partition coefficient (Wildman–Crippen LogP) is 2.18. The Morgan fingerprint density at radius 2 is 1.95 bits per heavy atom. The number of hydrogen-bond donors (Lipinski definition) is 2. The molecule has 0 bridgehead atoms. The Kier molecular flexibility index (Phi) is 2.29. The van der Waals surface area contributed by atoms with Crippen LogP contribution in [0.5, 0.6) is 0 Å². The molecule has 0 amide bonds. The van der Waals surface area contributed by atoms with Crippen LogP contribution in [0.3, 0.4) is 0 Å². The van der Waals surface area contributed by atoms with Crippen LogP contribution in [0, 0.1) is 13.8 Å². The van der Waals surface area contributed by atoms with E-state index >= 15 is 0 Å². The Bertz CT molecular complexity index is 1020. The molecule has 2 N–H and O–H groups in total. The summed E-state index contributed by atoms with van der Waals surface area (Å²) in [6, 6.07) is 8.07. The molecule has 0 aliphatic carbocycles. The van der Waals surface area contributed by atoms with Crippen molar-refractivity contribution in [2.75, 3.05) is 0 Å². The summed E-state index contributed by atoms with van der Waals surface area (Å²) < 4.78 is 1.52. The summed E-state index contributed by atoms with van der Waals surface area (Å²) in [5, 5.41) is 15.8. The van der Waals surface area contributed by atoms with E-state index in [1.807, 2.05) is 26.0 Å². The van der Waals surface area contributed by atoms with Gasteiger partial charge in [0.05, 0.1) is 5.69 Å². The molecule has 3 aromatic heterocycles. The van der Waals surface area contributed by atoms with Gasteiger partial charge >= 0.3 is 5.69 Å². The van der Waals surface area contributed by atoms with Crippen molar-refractivity contribution in [2.24, 2.45) is 0 Å². The summed E-state index contributed by atoms with van der Waals surface area (Å²) in [6.45, 7) is 3.97. The Morgan fingerprint density at radius 3 is 2.71 bits per heavy atom. The topological polar surface area (TPSA) is 78.8 Å². The number of fused-ring (bicyclic) bond motifs is 3. The molecule has 4 aromatic rings. The molecule has 1 aromatic carbocycles. The maximum absolute atomic E-state index is 11.7. The van der Waals surface area contributed by atoms with Crippen LogP contribution in [0.25, 0.3) is 27.5 Å². The Hall–Kier alpha value is -2.89. The molecule has 0 aliphatic rings. The fraction of sp³-hybridized carbons (Fsp3) is 0.133. The fourth-order valence-electron chi connectivity index (χ4n) is 2.81. The Balaban J connectivity index is 2.09. The second-order valence-electron chi connectivity index (χ2n) is 5.15. The lowest BCUT2D eigenvalue weighted by atomic mass is 10.0. The van der Waals surface area contributed by atoms with Gasteiger partial charge in [0.25, 0.3) is 0 Å². The molecule has 21 heavy (non-hydrogen) atoms. The number of aromatic amines is 2. The fourth-order valence-corrected chi connectivity index (χ4v) is 2.81. The molecule has 0 saturated carbocycles. The van der Waals surface area contributed by atoms with Crippen molar-refractivity contribution >= 4 is 16.4 Å². The predicted molar refractivity (Wildman–Crippen MR) is 80.4 cm³/mol. The summed E-state index contributed by atoms with van der Waals surface area (Å²) in [6.07, 6.45) is 1.73. The number of rotatable bonds is 1. The summed E-state index contributed by atoms with van der Waals surface area (Å²) in [5.74, 6) is 0. The van der Waals surface area contributed by atoms with Gasteiger partial charge in [-0.05, 0) is 36.9 Å². The van der Waals surface area contributed by atoms with Crippen molar-refractivity contribution in [3.05, 3.63) is 52.3 Å². The SMILES string of the molecule is Cc1n[nH]c(C)c1-c1ccc2ccn3c(=O)[nH]nc3c2c1. The second-order valence-corrected chi connectivity index (χ2v) is 5.15. The molecular weight excluding hydrogens is 266 g/mol. The van der Waals surface area contributed by atoms with Crippen LogP contribution in [-0.2, 0) is 0 Å². The van der Waals surface area contributed by atoms with Crippen LogP contribution < -0.4 is 5.69 Å². The first-order valence-corrected chi connectivity index (χ1v) is 6.66. The molecule has 0 saturated heterocycles. The van der Waals surface area contributed by atoms with Gasteiger partial charge in [-0.2, -0.15) is 10.2 Å². The van der Waals surface area contributed by atoms with Crippen LogP contribution in [0.1, 0.15) is 11.4 Å². The molecular formula is C15H13N5O. The average Bonchev–Trinajstić information content (AvgIpc) is 3.02. The molecule has 6 heteroatoms. The highest BCUT2D eigenvalue weighted by molar-refractivity contribution is 5.96. The van der Waals surface area contributed by atoms with E-state index in [1.54, 1.807) is 6.20 Å². The van der Waals surface area contributed by atoms with Gasteiger partial charge in [0, 0.05) is 22.8 Å². The Morgan fingerprint density at radius 1 is 1.10 bits per heavy atom. The van der Waals surface area contributed by atoms with Gasteiger partial charge in [0.1, 0.15) is 0 Å². The highest BCUT2D eigenvalue weighted by Crippen LogP contribution is 2.29. The van der Waals surface area contributed by atoms with E-state index in [9.17, 15) is 4.79 Å². The minimum absolute atomic E-state index is 0.229. The van der Waals surface area contributed by atoms with Crippen molar-refractivity contribution in [3.8, 4) is 11.1 Å². The van der Waals surface area contributed by atoms with E-state index in [-0.39, 0.29) is 5.69 Å². The lowest BCUT2D eigenvalue weighted by molar-refractivity contribution is 1.02. The normalized spacial score (nSPS) is 11.5. The third-order valence-corrected chi connectivity index (χ3v) is 3.82. The van der Waals surface area contributed by atoms with Crippen molar-refractivity contribution in [2.45, 2.75) is 13.8 Å². The van der Waals surface area contributed by atoms with Crippen molar-refractivity contribution < 1.29 is 0 Å². The van der Waals surface area contributed by atoms with Gasteiger partial charge in [-0.1, -0.05) is 12.1 Å². The van der Waals surface area contributed by atoms with E-state index in [1.165, 1.54) is 4.40 Å². The quantitative estimate of drug-likeness (QED) is 0.560. The number of nitrogens with one attached hydrogen (secondary N) is 2. The van der Waals surface area contributed by atoms with E-state index < -0.39 is 0 Å². The minimum Gasteiger partial charge on any atom is -0.282 e. The largest absolute Gasteiger partial charge is 0.347 e. The number of pyridine rings is 1. The van der Waals surface area contributed by atoms with Gasteiger partial charge in [0.15, 0.2) is 5.65 Å². The summed E-state index contributed by atoms with van der Waals surface area (Å²) in [5.41, 5.74) is 4.55. The number of H-pyrrole nitrogens is 2. The van der Waals surface area contributed by atoms with Gasteiger partial charge in [-0.25, -0.2) is 14.3 Å². The number of aryl methyl sites for hydroxylation is 2. The highest BCUT2D eigenvalue weighted by Gasteiger charge is 2.11. The van der Waals surface area contributed by atoms with Crippen LogP contribution in [0.2, 0.25) is 0 Å². The monoisotopic (exact) mass is 279 g/mol. The van der Waals surface area contributed by atoms with Crippen molar-refractivity contribution in [1.29, 1.82) is 0 Å². The molecule has 0 spiro atoms. The minimum atomic E-state index is -0.229. The maximum Gasteiger partial charge on any atom is 0.347 e. The molecule has 0 aliphatic heterocycles. The molecule has 0 fully saturated rings. The van der Waals surface area contributed by atoms with Crippen molar-refractivity contribution in [1.82, 2.24) is 24.8 Å². The lowest BCUT2D eigenvalue weighted by Crippen LogP contribution is -2.08. The average molecular weight is 279 g/mol. The first-order chi connectivity index (χ1) is 10.1. The first-order valence-electron chi connectivity index (χ1n) is 6.66. The standard InChI is InChI=1S/C15H13N5O/c1-8-13(9(2)17-16-8)11-4-3-10-5-6-20-14(12(10)7-11)18-19-15(20)21/h3-7H,1-2H3,(H,16,17)(H,19,21). The van der Waals surface area contributed by atoms with Crippen LogP contribution in [0.15, 0.2) is 35.3 Å². The summed E-state index contributed by atoms with van der Waals surface area (Å²) >= 11 is 0. The van der Waals surface area contributed by atoms with E-state index in [0.717, 1.165) is 33.3 Å². The maximum atomic E-state index is 11.7. The van der Waals surface area contributed by atoms with Crippen LogP contribution in [-0.4, -0.2) is 24.8 Å². The van der Waals surface area contributed by atoms with Gasteiger partial charge in [0.2, 0.25) is 0 Å². The number of nitrogens with zero attached hydrogens (tertiary/aromatic N) is 3. The third-order valence-electron chi connectivity index (χ3n) is 3.82. The molecule has 4 rings (SSSR count). The third kappa shape index (κ3) is 1.62. The van der Waals surface area contributed by atoms with E-state index in [4.69, 9.17) is 0 Å². The zero-order valence-corrected chi connectivity index (χ0v) is 11.6. The number of aromatic nitrogens is 5. The Labute approximate surface area is 119 Å². The second kappa shape index (κ2) is 4.05. The molecule has 0 atom stereocenters.